The van der Waals surface area contributed by atoms with Crippen LogP contribution < -0.4 is 5.32 Å². The zero-order valence-corrected chi connectivity index (χ0v) is 17.1. The fraction of sp³-hybridized carbons (Fsp3) is 0.350. The molecule has 1 N–H and O–H groups in total. The molecule has 2 heterocycles. The molecule has 3 aromatic rings. The predicted molar refractivity (Wildman–Crippen MR) is 111 cm³/mol. The molecule has 0 aliphatic heterocycles. The molecule has 0 unspecified atom stereocenters. The summed E-state index contributed by atoms with van der Waals surface area (Å²) < 4.78 is 2.00. The number of anilines is 1. The van der Waals surface area contributed by atoms with Crippen molar-refractivity contribution in [2.75, 3.05) is 11.1 Å². The number of carbonyl (C=O) groups is 1. The molecule has 0 saturated heterocycles. The molecule has 5 nitrogen and oxygen atoms in total. The molecule has 0 atom stereocenters. The Morgan fingerprint density at radius 1 is 1.26 bits per heavy atom. The number of thioether (sulfide) groups is 1. The van der Waals surface area contributed by atoms with Gasteiger partial charge in [-0.25, -0.2) is 0 Å². The lowest BCUT2D eigenvalue weighted by Crippen LogP contribution is -2.15. The highest BCUT2D eigenvalue weighted by Gasteiger charge is 2.21. The first-order valence-corrected chi connectivity index (χ1v) is 11.0. The predicted octanol–water partition coefficient (Wildman–Crippen LogP) is 4.46. The van der Waals surface area contributed by atoms with Crippen molar-refractivity contribution >= 4 is 34.7 Å². The van der Waals surface area contributed by atoms with Gasteiger partial charge in [0.05, 0.1) is 5.75 Å². The van der Waals surface area contributed by atoms with Crippen molar-refractivity contribution in [2.24, 2.45) is 7.05 Å². The maximum atomic E-state index is 12.3. The molecule has 0 saturated carbocycles. The molecule has 140 valence electrons. The number of aromatic nitrogens is 3. The van der Waals surface area contributed by atoms with Crippen molar-refractivity contribution in [1.82, 2.24) is 14.8 Å². The van der Waals surface area contributed by atoms with Gasteiger partial charge in [0.1, 0.15) is 0 Å². The van der Waals surface area contributed by atoms with Crippen LogP contribution in [0.2, 0.25) is 0 Å². The van der Waals surface area contributed by atoms with Gasteiger partial charge in [0.25, 0.3) is 0 Å². The zero-order chi connectivity index (χ0) is 18.8. The minimum atomic E-state index is -0.0354. The minimum Gasteiger partial charge on any atom is -0.325 e. The first kappa shape index (κ1) is 18.3. The highest BCUT2D eigenvalue weighted by atomic mass is 32.2. The molecule has 1 amide bonds. The van der Waals surface area contributed by atoms with Crippen LogP contribution >= 0.6 is 23.1 Å². The Hall–Kier alpha value is -2.12. The highest BCUT2D eigenvalue weighted by molar-refractivity contribution is 7.99. The molecule has 0 radical (unpaired) electrons. The Kier molecular flexibility index (Phi) is 5.31. The summed E-state index contributed by atoms with van der Waals surface area (Å²) in [7, 11) is 1.98. The second kappa shape index (κ2) is 7.86. The van der Waals surface area contributed by atoms with E-state index < -0.39 is 0 Å². The van der Waals surface area contributed by atoms with E-state index in [2.05, 4.69) is 20.9 Å². The van der Waals surface area contributed by atoms with Crippen molar-refractivity contribution in [3.05, 3.63) is 45.6 Å². The summed E-state index contributed by atoms with van der Waals surface area (Å²) in [4.78, 5) is 13.8. The van der Waals surface area contributed by atoms with Gasteiger partial charge >= 0.3 is 0 Å². The van der Waals surface area contributed by atoms with Crippen LogP contribution in [0.5, 0.6) is 0 Å². The molecule has 7 heteroatoms. The van der Waals surface area contributed by atoms with Crippen LogP contribution in [0.4, 0.5) is 5.69 Å². The van der Waals surface area contributed by atoms with Crippen LogP contribution in [0.15, 0.2) is 34.8 Å². The topological polar surface area (TPSA) is 59.8 Å². The van der Waals surface area contributed by atoms with Gasteiger partial charge in [0.15, 0.2) is 11.0 Å². The fourth-order valence-corrected chi connectivity index (χ4v) is 5.22. The molecular weight excluding hydrogens is 376 g/mol. The lowest BCUT2D eigenvalue weighted by molar-refractivity contribution is -0.113. The van der Waals surface area contributed by atoms with Crippen LogP contribution in [0.1, 0.15) is 28.8 Å². The summed E-state index contributed by atoms with van der Waals surface area (Å²) in [6, 6.07) is 7.79. The SMILES string of the molecule is Cc1ccccc1NC(=O)CSc1nnc(-c2csc3c2CCCC3)n1C. The number of para-hydroxylation sites is 1. The molecular formula is C20H22N4OS2. The maximum Gasteiger partial charge on any atom is 0.234 e. The van der Waals surface area contributed by atoms with Crippen molar-refractivity contribution < 1.29 is 4.79 Å². The van der Waals surface area contributed by atoms with Crippen LogP contribution in [0.25, 0.3) is 11.4 Å². The summed E-state index contributed by atoms with van der Waals surface area (Å²) in [5.74, 6) is 1.17. The average molecular weight is 399 g/mol. The quantitative estimate of drug-likeness (QED) is 0.645. The first-order chi connectivity index (χ1) is 13.1. The van der Waals surface area contributed by atoms with Gasteiger partial charge in [-0.05, 0) is 49.8 Å². The molecule has 1 aliphatic carbocycles. The van der Waals surface area contributed by atoms with E-state index >= 15 is 0 Å². The second-order valence-corrected chi connectivity index (χ2v) is 8.68. The molecule has 1 aromatic carbocycles. The summed E-state index contributed by atoms with van der Waals surface area (Å²) in [6.45, 7) is 1.99. The molecule has 0 fully saturated rings. The number of nitrogens with zero attached hydrogens (tertiary/aromatic N) is 3. The van der Waals surface area contributed by atoms with Crippen LogP contribution in [-0.4, -0.2) is 26.4 Å². The van der Waals surface area contributed by atoms with E-state index in [0.29, 0.717) is 5.75 Å². The van der Waals surface area contributed by atoms with Gasteiger partial charge in [-0.15, -0.1) is 21.5 Å². The molecule has 2 aromatic heterocycles. The summed E-state index contributed by atoms with van der Waals surface area (Å²) in [6.07, 6.45) is 4.83. The highest BCUT2D eigenvalue weighted by Crippen LogP contribution is 2.36. The molecule has 4 rings (SSSR count). The summed E-state index contributed by atoms with van der Waals surface area (Å²) in [5.41, 5.74) is 4.56. The Labute approximate surface area is 167 Å². The molecule has 27 heavy (non-hydrogen) atoms. The number of nitrogens with one attached hydrogen (secondary N) is 1. The number of hydrogen-bond donors (Lipinski definition) is 1. The maximum absolute atomic E-state index is 12.3. The van der Waals surface area contributed by atoms with Gasteiger partial charge < -0.3 is 9.88 Å². The van der Waals surface area contributed by atoms with Crippen molar-refractivity contribution in [3.8, 4) is 11.4 Å². The lowest BCUT2D eigenvalue weighted by atomic mass is 9.96. The molecule has 0 bridgehead atoms. The smallest absolute Gasteiger partial charge is 0.234 e. The Balaban J connectivity index is 1.44. The number of rotatable bonds is 5. The third kappa shape index (κ3) is 3.80. The number of fused-ring (bicyclic) bond motifs is 1. The number of aryl methyl sites for hydroxylation is 2. The van der Waals surface area contributed by atoms with E-state index in [-0.39, 0.29) is 5.91 Å². The number of hydrogen-bond acceptors (Lipinski definition) is 5. The molecule has 0 spiro atoms. The lowest BCUT2D eigenvalue weighted by Gasteiger charge is -2.12. The largest absolute Gasteiger partial charge is 0.325 e. The average Bonchev–Trinajstić information content (AvgIpc) is 3.25. The van der Waals surface area contributed by atoms with E-state index in [1.807, 2.05) is 54.1 Å². The van der Waals surface area contributed by atoms with Crippen LogP contribution in [-0.2, 0) is 24.7 Å². The van der Waals surface area contributed by atoms with Crippen molar-refractivity contribution in [1.29, 1.82) is 0 Å². The molecule has 1 aliphatic rings. The van der Waals surface area contributed by atoms with E-state index in [4.69, 9.17) is 0 Å². The van der Waals surface area contributed by atoms with Crippen molar-refractivity contribution in [2.45, 2.75) is 37.8 Å². The number of amides is 1. The first-order valence-electron chi connectivity index (χ1n) is 9.11. The van der Waals surface area contributed by atoms with Gasteiger partial charge in [-0.2, -0.15) is 0 Å². The fourth-order valence-electron chi connectivity index (χ4n) is 3.39. The number of carbonyl (C=O) groups excluding carboxylic acids is 1. The summed E-state index contributed by atoms with van der Waals surface area (Å²) in [5, 5.41) is 14.7. The second-order valence-electron chi connectivity index (χ2n) is 6.78. The zero-order valence-electron chi connectivity index (χ0n) is 15.5. The Bertz CT molecular complexity index is 976. The minimum absolute atomic E-state index is 0.0354. The van der Waals surface area contributed by atoms with E-state index in [1.165, 1.54) is 47.0 Å². The van der Waals surface area contributed by atoms with Crippen molar-refractivity contribution in [3.63, 3.8) is 0 Å². The monoisotopic (exact) mass is 398 g/mol. The van der Waals surface area contributed by atoms with Crippen LogP contribution in [0, 0.1) is 6.92 Å². The van der Waals surface area contributed by atoms with E-state index in [0.717, 1.165) is 28.7 Å². The van der Waals surface area contributed by atoms with E-state index in [1.54, 1.807) is 0 Å². The van der Waals surface area contributed by atoms with Crippen LogP contribution in [0.3, 0.4) is 0 Å². The third-order valence-electron chi connectivity index (χ3n) is 4.89. The summed E-state index contributed by atoms with van der Waals surface area (Å²) >= 11 is 3.25. The number of thiophene rings is 1. The standard InChI is InChI=1S/C20H22N4OS2/c1-13-7-3-5-9-16(13)21-18(25)12-27-20-23-22-19(24(20)2)15-11-26-17-10-6-4-8-14(15)17/h3,5,7,9,11H,4,6,8,10,12H2,1-2H3,(H,21,25). The van der Waals surface area contributed by atoms with Gasteiger partial charge in [-0.1, -0.05) is 30.0 Å². The van der Waals surface area contributed by atoms with Gasteiger partial charge in [0.2, 0.25) is 5.91 Å². The van der Waals surface area contributed by atoms with E-state index in [9.17, 15) is 4.79 Å². The Morgan fingerprint density at radius 2 is 2.07 bits per heavy atom. The normalized spacial score (nSPS) is 13.4. The number of benzene rings is 1. The third-order valence-corrected chi connectivity index (χ3v) is 7.00. The Morgan fingerprint density at radius 3 is 2.93 bits per heavy atom. The van der Waals surface area contributed by atoms with Gasteiger partial charge in [-0.3, -0.25) is 4.79 Å². The van der Waals surface area contributed by atoms with Gasteiger partial charge in [0, 0.05) is 28.6 Å².